The van der Waals surface area contributed by atoms with Crippen LogP contribution in [0.3, 0.4) is 0 Å². The summed E-state index contributed by atoms with van der Waals surface area (Å²) in [5, 5.41) is 14.7. The summed E-state index contributed by atoms with van der Waals surface area (Å²) in [5.74, 6) is 0.225. The van der Waals surface area contributed by atoms with E-state index in [4.69, 9.17) is 0 Å². The Morgan fingerprint density at radius 2 is 1.25 bits per heavy atom. The van der Waals surface area contributed by atoms with E-state index in [9.17, 15) is 5.26 Å². The summed E-state index contributed by atoms with van der Waals surface area (Å²) in [5.41, 5.74) is 16.2. The zero-order valence-corrected chi connectivity index (χ0v) is 23.8. The molecule has 0 unspecified atom stereocenters. The Balaban J connectivity index is 1.34. The highest BCUT2D eigenvalue weighted by molar-refractivity contribution is 6.27. The number of para-hydroxylation sites is 1. The standard InChI is InChI=1S/C42H24N2/c43-24-25-9-7-10-27(23-25)26-19-21-28(22-20-26)44-36-18-6-5-15-34(36)38-32-13-3-4-14-33(32)40-39-31-12-2-1-11-29(31)30-16-8-17-35(37(30)39)41(40)42(38)44/h1-23,39H/t39-/m0/s1. The minimum absolute atomic E-state index is 0.225. The molecule has 2 nitrogen and oxygen atoms in total. The zero-order valence-electron chi connectivity index (χ0n) is 23.8. The molecule has 10 rings (SSSR count). The number of nitriles is 1. The largest absolute Gasteiger partial charge is 0.309 e. The van der Waals surface area contributed by atoms with E-state index in [0.29, 0.717) is 5.56 Å². The van der Waals surface area contributed by atoms with Gasteiger partial charge in [-0.1, -0.05) is 109 Å². The van der Waals surface area contributed by atoms with Gasteiger partial charge in [-0.3, -0.25) is 0 Å². The van der Waals surface area contributed by atoms with Gasteiger partial charge in [-0.15, -0.1) is 0 Å². The van der Waals surface area contributed by atoms with Gasteiger partial charge in [0, 0.05) is 27.9 Å². The minimum Gasteiger partial charge on any atom is -0.309 e. The Bertz CT molecular complexity index is 2560. The maximum absolute atomic E-state index is 9.44. The molecule has 0 spiro atoms. The predicted molar refractivity (Wildman–Crippen MR) is 180 cm³/mol. The van der Waals surface area contributed by atoms with Crippen molar-refractivity contribution in [2.45, 2.75) is 5.92 Å². The molecule has 0 bridgehead atoms. The zero-order chi connectivity index (χ0) is 28.9. The lowest BCUT2D eigenvalue weighted by Gasteiger charge is -2.18. The van der Waals surface area contributed by atoms with E-state index in [-0.39, 0.29) is 5.92 Å². The normalized spacial score (nSPS) is 14.1. The summed E-state index contributed by atoms with van der Waals surface area (Å²) in [6, 6.07) is 52.6. The van der Waals surface area contributed by atoms with Gasteiger partial charge in [0.05, 0.1) is 22.7 Å². The van der Waals surface area contributed by atoms with Crippen LogP contribution in [0.25, 0.3) is 71.6 Å². The number of benzene rings is 7. The maximum Gasteiger partial charge on any atom is 0.0991 e. The molecule has 1 atom stereocenters. The van der Waals surface area contributed by atoms with Crippen LogP contribution in [0.15, 0.2) is 140 Å². The Kier molecular flexibility index (Phi) is 4.60. The molecule has 7 aromatic carbocycles. The minimum atomic E-state index is 0.225. The van der Waals surface area contributed by atoms with Crippen LogP contribution in [0.1, 0.15) is 28.2 Å². The van der Waals surface area contributed by atoms with Crippen molar-refractivity contribution in [1.29, 1.82) is 5.26 Å². The van der Waals surface area contributed by atoms with Crippen molar-refractivity contribution in [2.24, 2.45) is 0 Å². The first-order chi connectivity index (χ1) is 21.8. The molecule has 202 valence electrons. The number of nitrogens with zero attached hydrogens (tertiary/aromatic N) is 2. The molecule has 0 saturated carbocycles. The Morgan fingerprint density at radius 1 is 0.545 bits per heavy atom. The van der Waals surface area contributed by atoms with Gasteiger partial charge in [-0.05, 0) is 85.6 Å². The monoisotopic (exact) mass is 556 g/mol. The molecule has 0 saturated heterocycles. The van der Waals surface area contributed by atoms with Gasteiger partial charge in [0.1, 0.15) is 0 Å². The number of fused-ring (bicyclic) bond motifs is 13. The van der Waals surface area contributed by atoms with Crippen molar-refractivity contribution in [3.05, 3.63) is 162 Å². The van der Waals surface area contributed by atoms with Crippen LogP contribution in [0.5, 0.6) is 0 Å². The maximum atomic E-state index is 9.44. The van der Waals surface area contributed by atoms with Crippen LogP contribution in [0, 0.1) is 11.3 Å². The molecule has 1 aromatic heterocycles. The van der Waals surface area contributed by atoms with Gasteiger partial charge >= 0.3 is 0 Å². The molecule has 2 heteroatoms. The number of hydrogen-bond donors (Lipinski definition) is 0. The van der Waals surface area contributed by atoms with Crippen LogP contribution in [0.4, 0.5) is 0 Å². The molecular formula is C42H24N2. The van der Waals surface area contributed by atoms with Gasteiger partial charge < -0.3 is 4.57 Å². The van der Waals surface area contributed by atoms with Crippen LogP contribution < -0.4 is 0 Å². The number of hydrogen-bond acceptors (Lipinski definition) is 1. The SMILES string of the molecule is N#Cc1cccc(-c2ccc(-n3c4ccccc4c4c5ccccc5c5c(c43)-c3cccc4c3[C@@H]5c3ccccc3-4)cc2)c1. The second kappa shape index (κ2) is 8.57. The van der Waals surface area contributed by atoms with Crippen molar-refractivity contribution < 1.29 is 0 Å². The molecule has 0 fully saturated rings. The highest BCUT2D eigenvalue weighted by Gasteiger charge is 2.41. The first kappa shape index (κ1) is 23.6. The molecule has 0 radical (unpaired) electrons. The van der Waals surface area contributed by atoms with E-state index in [1.54, 1.807) is 0 Å². The van der Waals surface area contributed by atoms with Crippen molar-refractivity contribution in [1.82, 2.24) is 4.57 Å². The number of rotatable bonds is 2. The average molecular weight is 557 g/mol. The summed E-state index contributed by atoms with van der Waals surface area (Å²) < 4.78 is 2.48. The van der Waals surface area contributed by atoms with E-state index < -0.39 is 0 Å². The van der Waals surface area contributed by atoms with Gasteiger partial charge in [-0.2, -0.15) is 5.26 Å². The van der Waals surface area contributed by atoms with Crippen molar-refractivity contribution >= 4 is 32.6 Å². The topological polar surface area (TPSA) is 28.7 Å². The second-order valence-electron chi connectivity index (χ2n) is 11.9. The van der Waals surface area contributed by atoms with Crippen LogP contribution in [0.2, 0.25) is 0 Å². The lowest BCUT2D eigenvalue weighted by Crippen LogP contribution is -1.99. The third kappa shape index (κ3) is 2.93. The quantitative estimate of drug-likeness (QED) is 0.208. The van der Waals surface area contributed by atoms with E-state index in [1.165, 1.54) is 71.5 Å². The predicted octanol–water partition coefficient (Wildman–Crippen LogP) is 10.6. The van der Waals surface area contributed by atoms with Crippen molar-refractivity contribution in [3.63, 3.8) is 0 Å². The van der Waals surface area contributed by atoms with Gasteiger partial charge in [0.15, 0.2) is 0 Å². The summed E-state index contributed by atoms with van der Waals surface area (Å²) in [6.07, 6.45) is 0. The van der Waals surface area contributed by atoms with Crippen LogP contribution >= 0.6 is 0 Å². The third-order valence-corrected chi connectivity index (χ3v) is 9.83. The van der Waals surface area contributed by atoms with E-state index in [1.807, 2.05) is 18.2 Å². The first-order valence-electron chi connectivity index (χ1n) is 15.1. The lowest BCUT2D eigenvalue weighted by molar-refractivity contribution is 1.07. The molecule has 0 aliphatic heterocycles. The highest BCUT2D eigenvalue weighted by Crippen LogP contribution is 2.61. The Hall–Kier alpha value is -5.91. The Morgan fingerprint density at radius 3 is 2.11 bits per heavy atom. The Labute approximate surface area is 254 Å². The molecule has 8 aromatic rings. The fourth-order valence-corrected chi connectivity index (χ4v) is 8.14. The van der Waals surface area contributed by atoms with E-state index in [0.717, 1.165) is 16.8 Å². The fourth-order valence-electron chi connectivity index (χ4n) is 8.14. The third-order valence-electron chi connectivity index (χ3n) is 9.83. The molecule has 0 amide bonds. The van der Waals surface area contributed by atoms with Gasteiger partial charge in [-0.25, -0.2) is 0 Å². The van der Waals surface area contributed by atoms with Crippen molar-refractivity contribution in [2.75, 3.05) is 0 Å². The lowest BCUT2D eigenvalue weighted by atomic mass is 9.87. The second-order valence-corrected chi connectivity index (χ2v) is 11.9. The molecule has 2 aliphatic rings. The van der Waals surface area contributed by atoms with Gasteiger partial charge in [0.2, 0.25) is 0 Å². The van der Waals surface area contributed by atoms with Crippen LogP contribution in [-0.4, -0.2) is 4.57 Å². The van der Waals surface area contributed by atoms with E-state index >= 15 is 0 Å². The first-order valence-corrected chi connectivity index (χ1v) is 15.1. The summed E-state index contributed by atoms with van der Waals surface area (Å²) in [6.45, 7) is 0. The molecule has 1 heterocycles. The van der Waals surface area contributed by atoms with Gasteiger partial charge in [0.25, 0.3) is 0 Å². The van der Waals surface area contributed by atoms with E-state index in [2.05, 4.69) is 132 Å². The fraction of sp³-hybridized carbons (Fsp3) is 0.0238. The molecule has 0 N–H and O–H groups in total. The molecular weight excluding hydrogens is 532 g/mol. The summed E-state index contributed by atoms with van der Waals surface area (Å²) in [7, 11) is 0. The smallest absolute Gasteiger partial charge is 0.0991 e. The van der Waals surface area contributed by atoms with Crippen LogP contribution in [-0.2, 0) is 0 Å². The van der Waals surface area contributed by atoms with Crippen molar-refractivity contribution in [3.8, 4) is 45.1 Å². The summed E-state index contributed by atoms with van der Waals surface area (Å²) >= 11 is 0. The average Bonchev–Trinajstić information content (AvgIpc) is 3.74. The highest BCUT2D eigenvalue weighted by atomic mass is 15.0. The molecule has 2 aliphatic carbocycles. The number of aromatic nitrogens is 1. The molecule has 44 heavy (non-hydrogen) atoms. The summed E-state index contributed by atoms with van der Waals surface area (Å²) in [4.78, 5) is 0.